The van der Waals surface area contributed by atoms with E-state index in [4.69, 9.17) is 4.74 Å². The first-order valence-electron chi connectivity index (χ1n) is 5.59. The summed E-state index contributed by atoms with van der Waals surface area (Å²) in [5.74, 6) is -0.853. The molecule has 0 heterocycles. The minimum atomic E-state index is -1.49. The largest absolute Gasteiger partial charge is 0.459 e. The summed E-state index contributed by atoms with van der Waals surface area (Å²) in [6.45, 7) is 0. The van der Waals surface area contributed by atoms with Crippen molar-refractivity contribution in [2.75, 3.05) is 0 Å². The molecule has 0 aliphatic heterocycles. The Morgan fingerprint density at radius 2 is 2.00 bits per heavy atom. The molecular formula is C13H13FO3. The van der Waals surface area contributed by atoms with Gasteiger partial charge >= 0.3 is 5.97 Å². The molecule has 0 bridgehead atoms. The molecule has 0 aromatic heterocycles. The van der Waals surface area contributed by atoms with Crippen LogP contribution in [0.1, 0.15) is 29.6 Å². The van der Waals surface area contributed by atoms with Gasteiger partial charge in [0.05, 0.1) is 5.56 Å². The van der Waals surface area contributed by atoms with Crippen molar-refractivity contribution < 1.29 is 18.7 Å². The number of alkyl halides is 1. The number of esters is 1. The number of benzene rings is 1. The van der Waals surface area contributed by atoms with E-state index in [9.17, 15) is 14.0 Å². The van der Waals surface area contributed by atoms with Crippen LogP contribution in [0.15, 0.2) is 30.3 Å². The lowest BCUT2D eigenvalue weighted by atomic mass is 9.95. The van der Waals surface area contributed by atoms with Crippen LogP contribution in [0.4, 0.5) is 4.39 Å². The Kier molecular flexibility index (Phi) is 3.52. The third-order valence-electron chi connectivity index (χ3n) is 2.82. The molecule has 90 valence electrons. The van der Waals surface area contributed by atoms with E-state index in [0.29, 0.717) is 12.0 Å². The third kappa shape index (κ3) is 2.90. The zero-order valence-electron chi connectivity index (χ0n) is 9.27. The molecule has 0 saturated heterocycles. The summed E-state index contributed by atoms with van der Waals surface area (Å²) in [6.07, 6.45) is -1.43. The molecule has 1 aromatic carbocycles. The molecule has 1 saturated carbocycles. The van der Waals surface area contributed by atoms with Gasteiger partial charge in [-0.05, 0) is 18.6 Å². The average molecular weight is 236 g/mol. The zero-order valence-corrected chi connectivity index (χ0v) is 9.27. The highest BCUT2D eigenvalue weighted by molar-refractivity contribution is 5.89. The summed E-state index contributed by atoms with van der Waals surface area (Å²) in [7, 11) is 0. The highest BCUT2D eigenvalue weighted by Gasteiger charge is 2.30. The van der Waals surface area contributed by atoms with Crippen molar-refractivity contribution in [2.45, 2.75) is 31.5 Å². The fourth-order valence-electron chi connectivity index (χ4n) is 1.84. The van der Waals surface area contributed by atoms with Gasteiger partial charge in [0.2, 0.25) is 0 Å². The second kappa shape index (κ2) is 5.08. The van der Waals surface area contributed by atoms with Gasteiger partial charge in [-0.3, -0.25) is 4.79 Å². The van der Waals surface area contributed by atoms with Gasteiger partial charge in [0, 0.05) is 12.8 Å². The number of hydrogen-bond acceptors (Lipinski definition) is 3. The molecule has 0 N–H and O–H groups in total. The predicted octanol–water partition coefficient (Wildman–Crippen LogP) is 2.30. The fraction of sp³-hybridized carbons (Fsp3) is 0.385. The number of rotatable bonds is 2. The van der Waals surface area contributed by atoms with Gasteiger partial charge in [0.15, 0.2) is 12.0 Å². The number of carbonyl (C=O) groups excluding carboxylic acids is 2. The molecule has 1 fully saturated rings. The number of hydrogen-bond donors (Lipinski definition) is 0. The van der Waals surface area contributed by atoms with Crippen molar-refractivity contribution in [3.63, 3.8) is 0 Å². The van der Waals surface area contributed by atoms with Crippen LogP contribution in [-0.4, -0.2) is 24.0 Å². The minimum Gasteiger partial charge on any atom is -0.459 e. The maximum Gasteiger partial charge on any atom is 0.338 e. The Bertz CT molecular complexity index is 416. The van der Waals surface area contributed by atoms with E-state index < -0.39 is 24.0 Å². The second-order valence-electron chi connectivity index (χ2n) is 4.10. The molecule has 1 unspecified atom stereocenters. The first-order chi connectivity index (χ1) is 8.16. The van der Waals surface area contributed by atoms with Crippen molar-refractivity contribution in [3.05, 3.63) is 35.9 Å². The van der Waals surface area contributed by atoms with Gasteiger partial charge in [-0.15, -0.1) is 0 Å². The van der Waals surface area contributed by atoms with Crippen LogP contribution in [0.5, 0.6) is 0 Å². The first-order valence-corrected chi connectivity index (χ1v) is 5.59. The van der Waals surface area contributed by atoms with E-state index in [1.165, 1.54) is 0 Å². The van der Waals surface area contributed by atoms with Gasteiger partial charge in [0.25, 0.3) is 0 Å². The Morgan fingerprint density at radius 1 is 1.29 bits per heavy atom. The molecule has 2 atom stereocenters. The normalized spacial score (nSPS) is 24.4. The molecule has 17 heavy (non-hydrogen) atoms. The molecule has 2 rings (SSSR count). The van der Waals surface area contributed by atoms with Crippen molar-refractivity contribution in [1.82, 2.24) is 0 Å². The average Bonchev–Trinajstić information content (AvgIpc) is 2.35. The summed E-state index contributed by atoms with van der Waals surface area (Å²) >= 11 is 0. The molecule has 3 nitrogen and oxygen atoms in total. The summed E-state index contributed by atoms with van der Waals surface area (Å²) in [6, 6.07) is 8.55. The van der Waals surface area contributed by atoms with Crippen LogP contribution in [-0.2, 0) is 9.53 Å². The number of Topliss-reactive ketones (excluding diaryl/α,β-unsaturated/α-hetero) is 1. The molecule has 1 aliphatic carbocycles. The lowest BCUT2D eigenvalue weighted by Gasteiger charge is -2.23. The molecular weight excluding hydrogens is 223 g/mol. The smallest absolute Gasteiger partial charge is 0.338 e. The summed E-state index contributed by atoms with van der Waals surface area (Å²) < 4.78 is 18.3. The van der Waals surface area contributed by atoms with Gasteiger partial charge in [0.1, 0.15) is 6.10 Å². The highest BCUT2D eigenvalue weighted by Crippen LogP contribution is 2.21. The van der Waals surface area contributed by atoms with Crippen molar-refractivity contribution in [2.24, 2.45) is 0 Å². The number of carbonyl (C=O) groups is 2. The van der Waals surface area contributed by atoms with Gasteiger partial charge in [-0.25, -0.2) is 9.18 Å². The van der Waals surface area contributed by atoms with Crippen molar-refractivity contribution in [3.8, 4) is 0 Å². The van der Waals surface area contributed by atoms with E-state index in [-0.39, 0.29) is 12.8 Å². The van der Waals surface area contributed by atoms with Gasteiger partial charge in [-0.2, -0.15) is 0 Å². The number of halogens is 1. The SMILES string of the molecule is O=C(OC1CCC(=O)[C@@H](F)C1)c1ccccc1. The van der Waals surface area contributed by atoms with Crippen LogP contribution < -0.4 is 0 Å². The van der Waals surface area contributed by atoms with Crippen LogP contribution in [0, 0.1) is 0 Å². The molecule has 1 aromatic rings. The summed E-state index contributed by atoms with van der Waals surface area (Å²) in [4.78, 5) is 22.7. The predicted molar refractivity (Wildman–Crippen MR) is 59.4 cm³/mol. The second-order valence-corrected chi connectivity index (χ2v) is 4.10. The number of ketones is 1. The van der Waals surface area contributed by atoms with Crippen LogP contribution in [0.25, 0.3) is 0 Å². The molecule has 0 radical (unpaired) electrons. The molecule has 4 heteroatoms. The Hall–Kier alpha value is -1.71. The standard InChI is InChI=1S/C13H13FO3/c14-11-8-10(6-7-12(11)15)17-13(16)9-4-2-1-3-5-9/h1-5,10-11H,6-8H2/t10?,11-/m0/s1. The van der Waals surface area contributed by atoms with Crippen LogP contribution >= 0.6 is 0 Å². The van der Waals surface area contributed by atoms with Gasteiger partial charge < -0.3 is 4.74 Å². The van der Waals surface area contributed by atoms with Crippen molar-refractivity contribution >= 4 is 11.8 Å². The van der Waals surface area contributed by atoms with Gasteiger partial charge in [-0.1, -0.05) is 18.2 Å². The Morgan fingerprint density at radius 3 is 2.65 bits per heavy atom. The lowest BCUT2D eigenvalue weighted by molar-refractivity contribution is -0.128. The Labute approximate surface area is 98.6 Å². The van der Waals surface area contributed by atoms with E-state index in [1.807, 2.05) is 0 Å². The molecule has 0 spiro atoms. The molecule has 0 amide bonds. The monoisotopic (exact) mass is 236 g/mol. The third-order valence-corrected chi connectivity index (χ3v) is 2.82. The van der Waals surface area contributed by atoms with E-state index in [2.05, 4.69) is 0 Å². The van der Waals surface area contributed by atoms with Crippen LogP contribution in [0.3, 0.4) is 0 Å². The first kappa shape index (κ1) is 11.8. The topological polar surface area (TPSA) is 43.4 Å². The zero-order chi connectivity index (χ0) is 12.3. The quantitative estimate of drug-likeness (QED) is 0.740. The lowest BCUT2D eigenvalue weighted by Crippen LogP contribution is -2.32. The van der Waals surface area contributed by atoms with E-state index in [1.54, 1.807) is 30.3 Å². The summed E-state index contributed by atoms with van der Waals surface area (Å²) in [5.41, 5.74) is 0.444. The van der Waals surface area contributed by atoms with Crippen molar-refractivity contribution in [1.29, 1.82) is 0 Å². The molecule has 1 aliphatic rings. The number of ether oxygens (including phenoxy) is 1. The van der Waals surface area contributed by atoms with E-state index >= 15 is 0 Å². The summed E-state index contributed by atoms with van der Waals surface area (Å²) in [5, 5.41) is 0. The maximum absolute atomic E-state index is 13.1. The van der Waals surface area contributed by atoms with E-state index in [0.717, 1.165) is 0 Å². The fourth-order valence-corrected chi connectivity index (χ4v) is 1.84. The van der Waals surface area contributed by atoms with Crippen LogP contribution in [0.2, 0.25) is 0 Å². The highest BCUT2D eigenvalue weighted by atomic mass is 19.1. The Balaban J connectivity index is 1.94. The minimum absolute atomic E-state index is 0.0165. The maximum atomic E-state index is 13.1.